The summed E-state index contributed by atoms with van der Waals surface area (Å²) in [4.78, 5) is 25.6. The monoisotopic (exact) mass is 327 g/mol. The molecule has 0 aliphatic rings. The molecule has 0 aliphatic heterocycles. The smallest absolute Gasteiger partial charge is 0.337 e. The zero-order valence-electron chi connectivity index (χ0n) is 14.3. The SMILES string of the molecule is COC(=O)c1ccc(C(=O)N(C)Cc2cc(C)ccc2OC)cc1. The minimum absolute atomic E-state index is 0.130. The third kappa shape index (κ3) is 3.93. The lowest BCUT2D eigenvalue weighted by Gasteiger charge is -2.19. The second-order valence-electron chi connectivity index (χ2n) is 5.55. The highest BCUT2D eigenvalue weighted by atomic mass is 16.5. The molecule has 0 atom stereocenters. The number of amides is 1. The Bertz CT molecular complexity index is 738. The van der Waals surface area contributed by atoms with Crippen LogP contribution in [0.15, 0.2) is 42.5 Å². The maximum absolute atomic E-state index is 12.6. The molecule has 0 fully saturated rings. The number of methoxy groups -OCH3 is 2. The summed E-state index contributed by atoms with van der Waals surface area (Å²) in [5.41, 5.74) is 2.97. The van der Waals surface area contributed by atoms with Gasteiger partial charge in [0.2, 0.25) is 0 Å². The lowest BCUT2D eigenvalue weighted by atomic mass is 10.1. The van der Waals surface area contributed by atoms with Crippen molar-refractivity contribution in [3.05, 3.63) is 64.7 Å². The number of rotatable bonds is 5. The average molecular weight is 327 g/mol. The summed E-state index contributed by atoms with van der Waals surface area (Å²) in [5, 5.41) is 0. The Labute approximate surface area is 141 Å². The molecule has 2 rings (SSSR count). The third-order valence-electron chi connectivity index (χ3n) is 3.74. The van der Waals surface area contributed by atoms with Crippen LogP contribution in [0.25, 0.3) is 0 Å². The van der Waals surface area contributed by atoms with Gasteiger partial charge in [0.05, 0.1) is 19.8 Å². The summed E-state index contributed by atoms with van der Waals surface area (Å²) in [6.45, 7) is 2.43. The van der Waals surface area contributed by atoms with Crippen molar-refractivity contribution in [2.24, 2.45) is 0 Å². The van der Waals surface area contributed by atoms with Crippen LogP contribution in [0.3, 0.4) is 0 Å². The van der Waals surface area contributed by atoms with Crippen LogP contribution in [0.1, 0.15) is 31.8 Å². The van der Waals surface area contributed by atoms with E-state index in [1.54, 1.807) is 43.3 Å². The molecule has 0 N–H and O–H groups in total. The lowest BCUT2D eigenvalue weighted by molar-refractivity contribution is 0.0600. The standard InChI is InChI=1S/C19H21NO4/c1-13-5-10-17(23-3)16(11-13)12-20(2)18(21)14-6-8-15(9-7-14)19(22)24-4/h5-11H,12H2,1-4H3. The van der Waals surface area contributed by atoms with Crippen molar-refractivity contribution in [2.45, 2.75) is 13.5 Å². The van der Waals surface area contributed by atoms with Gasteiger partial charge in [-0.3, -0.25) is 4.79 Å². The molecule has 0 bridgehead atoms. The number of ether oxygens (including phenoxy) is 2. The Morgan fingerprint density at radius 3 is 2.21 bits per heavy atom. The number of benzene rings is 2. The molecule has 2 aromatic carbocycles. The predicted octanol–water partition coefficient (Wildman–Crippen LogP) is 3.06. The van der Waals surface area contributed by atoms with Gasteiger partial charge >= 0.3 is 5.97 Å². The molecule has 0 aromatic heterocycles. The van der Waals surface area contributed by atoms with Gasteiger partial charge in [0.15, 0.2) is 0 Å². The largest absolute Gasteiger partial charge is 0.496 e. The van der Waals surface area contributed by atoms with Gasteiger partial charge in [-0.1, -0.05) is 17.7 Å². The summed E-state index contributed by atoms with van der Waals surface area (Å²) >= 11 is 0. The zero-order valence-corrected chi connectivity index (χ0v) is 14.3. The fourth-order valence-electron chi connectivity index (χ4n) is 2.45. The molecule has 1 amide bonds. The minimum atomic E-state index is -0.424. The van der Waals surface area contributed by atoms with E-state index < -0.39 is 5.97 Å². The number of aryl methyl sites for hydroxylation is 1. The topological polar surface area (TPSA) is 55.8 Å². The average Bonchev–Trinajstić information content (AvgIpc) is 2.60. The predicted molar refractivity (Wildman–Crippen MR) is 91.3 cm³/mol. The van der Waals surface area contributed by atoms with Gasteiger partial charge in [0.1, 0.15) is 5.75 Å². The Kier molecular flexibility index (Phi) is 5.58. The zero-order chi connectivity index (χ0) is 17.7. The van der Waals surface area contributed by atoms with E-state index >= 15 is 0 Å². The summed E-state index contributed by atoms with van der Waals surface area (Å²) in [5.74, 6) is 0.197. The third-order valence-corrected chi connectivity index (χ3v) is 3.74. The van der Waals surface area contributed by atoms with E-state index in [1.807, 2.05) is 25.1 Å². The van der Waals surface area contributed by atoms with Crippen LogP contribution in [-0.2, 0) is 11.3 Å². The van der Waals surface area contributed by atoms with E-state index in [-0.39, 0.29) is 5.91 Å². The van der Waals surface area contributed by atoms with Gasteiger partial charge in [-0.05, 0) is 37.3 Å². The van der Waals surface area contributed by atoms with E-state index in [0.29, 0.717) is 17.7 Å². The summed E-state index contributed by atoms with van der Waals surface area (Å²) in [6.07, 6.45) is 0. The van der Waals surface area contributed by atoms with Crippen LogP contribution in [0.5, 0.6) is 5.75 Å². The lowest BCUT2D eigenvalue weighted by Crippen LogP contribution is -2.26. The van der Waals surface area contributed by atoms with Crippen LogP contribution in [0.2, 0.25) is 0 Å². The molecule has 5 heteroatoms. The Balaban J connectivity index is 2.15. The van der Waals surface area contributed by atoms with Crippen molar-refractivity contribution in [1.82, 2.24) is 4.90 Å². The van der Waals surface area contributed by atoms with Crippen molar-refractivity contribution in [1.29, 1.82) is 0 Å². The van der Waals surface area contributed by atoms with E-state index in [0.717, 1.165) is 16.9 Å². The normalized spacial score (nSPS) is 10.2. The number of carbonyl (C=O) groups is 2. The van der Waals surface area contributed by atoms with Crippen molar-refractivity contribution < 1.29 is 19.1 Å². The molecule has 24 heavy (non-hydrogen) atoms. The molecule has 0 unspecified atom stereocenters. The maximum atomic E-state index is 12.6. The summed E-state index contributed by atoms with van der Waals surface area (Å²) in [7, 11) is 4.67. The quantitative estimate of drug-likeness (QED) is 0.792. The molecule has 0 saturated heterocycles. The first kappa shape index (κ1) is 17.5. The van der Waals surface area contributed by atoms with E-state index in [4.69, 9.17) is 4.74 Å². The molecular weight excluding hydrogens is 306 g/mol. The fraction of sp³-hybridized carbons (Fsp3) is 0.263. The van der Waals surface area contributed by atoms with Gasteiger partial charge < -0.3 is 14.4 Å². The highest BCUT2D eigenvalue weighted by Crippen LogP contribution is 2.21. The highest BCUT2D eigenvalue weighted by Gasteiger charge is 2.15. The molecule has 2 aromatic rings. The Morgan fingerprint density at radius 1 is 1.00 bits per heavy atom. The summed E-state index contributed by atoms with van der Waals surface area (Å²) in [6, 6.07) is 12.3. The van der Waals surface area contributed by atoms with Crippen LogP contribution in [-0.4, -0.2) is 38.0 Å². The first-order chi connectivity index (χ1) is 11.5. The first-order valence-electron chi connectivity index (χ1n) is 7.53. The van der Waals surface area contributed by atoms with Crippen LogP contribution in [0, 0.1) is 6.92 Å². The molecular formula is C19H21NO4. The van der Waals surface area contributed by atoms with Crippen molar-refractivity contribution in [2.75, 3.05) is 21.3 Å². The van der Waals surface area contributed by atoms with E-state index in [9.17, 15) is 9.59 Å². The minimum Gasteiger partial charge on any atom is -0.496 e. The molecule has 0 heterocycles. The first-order valence-corrected chi connectivity index (χ1v) is 7.53. The number of hydrogen-bond donors (Lipinski definition) is 0. The molecule has 0 radical (unpaired) electrons. The second kappa shape index (κ2) is 7.64. The number of esters is 1. The van der Waals surface area contributed by atoms with Crippen molar-refractivity contribution in [3.8, 4) is 5.75 Å². The van der Waals surface area contributed by atoms with Crippen molar-refractivity contribution in [3.63, 3.8) is 0 Å². The molecule has 0 spiro atoms. The molecule has 126 valence electrons. The van der Waals surface area contributed by atoms with Crippen LogP contribution in [0.4, 0.5) is 0 Å². The summed E-state index contributed by atoms with van der Waals surface area (Å²) < 4.78 is 10.0. The van der Waals surface area contributed by atoms with Crippen molar-refractivity contribution >= 4 is 11.9 Å². The van der Waals surface area contributed by atoms with Gasteiger partial charge in [-0.25, -0.2) is 4.79 Å². The van der Waals surface area contributed by atoms with Gasteiger partial charge in [0.25, 0.3) is 5.91 Å². The van der Waals surface area contributed by atoms with Gasteiger partial charge in [-0.2, -0.15) is 0 Å². The molecule has 0 aliphatic carbocycles. The molecule has 5 nitrogen and oxygen atoms in total. The fourth-order valence-corrected chi connectivity index (χ4v) is 2.45. The second-order valence-corrected chi connectivity index (χ2v) is 5.55. The Morgan fingerprint density at radius 2 is 1.62 bits per heavy atom. The van der Waals surface area contributed by atoms with Gasteiger partial charge in [-0.15, -0.1) is 0 Å². The van der Waals surface area contributed by atoms with E-state index in [1.165, 1.54) is 7.11 Å². The van der Waals surface area contributed by atoms with Crippen LogP contribution >= 0.6 is 0 Å². The van der Waals surface area contributed by atoms with E-state index in [2.05, 4.69) is 4.74 Å². The highest BCUT2D eigenvalue weighted by molar-refractivity contribution is 5.96. The van der Waals surface area contributed by atoms with Crippen LogP contribution < -0.4 is 4.74 Å². The number of hydrogen-bond acceptors (Lipinski definition) is 4. The number of carbonyl (C=O) groups excluding carboxylic acids is 2. The van der Waals surface area contributed by atoms with Gasteiger partial charge in [0, 0.05) is 24.7 Å². The number of nitrogens with zero attached hydrogens (tertiary/aromatic N) is 1. The molecule has 0 saturated carbocycles. The maximum Gasteiger partial charge on any atom is 0.337 e. The Hall–Kier alpha value is -2.82.